The van der Waals surface area contributed by atoms with Crippen LogP contribution in [0, 0.1) is 5.82 Å². The van der Waals surface area contributed by atoms with E-state index in [0.717, 1.165) is 5.56 Å². The SMILES string of the molecule is CCNC(=NCC(OC)c1ccc(F)cc1)NCCNC(=O)OC(C)(C)C.I. The van der Waals surface area contributed by atoms with Gasteiger partial charge in [0, 0.05) is 26.7 Å². The zero-order valence-electron chi connectivity index (χ0n) is 17.2. The lowest BCUT2D eigenvalue weighted by Gasteiger charge is -2.20. The number of guanidine groups is 1. The number of alkyl carbamates (subject to hydrolysis) is 1. The Balaban J connectivity index is 0.00000729. The van der Waals surface area contributed by atoms with Crippen LogP contribution in [0.4, 0.5) is 9.18 Å². The molecule has 1 atom stereocenters. The third-order valence-electron chi connectivity index (χ3n) is 3.37. The maximum absolute atomic E-state index is 13.1. The Hall–Kier alpha value is -1.62. The molecule has 0 aliphatic rings. The van der Waals surface area contributed by atoms with E-state index in [1.165, 1.54) is 12.1 Å². The lowest BCUT2D eigenvalue weighted by molar-refractivity contribution is 0.0529. The lowest BCUT2D eigenvalue weighted by Crippen LogP contribution is -2.42. The number of nitrogens with zero attached hydrogens (tertiary/aromatic N) is 1. The number of ether oxygens (including phenoxy) is 2. The molecule has 0 aliphatic carbocycles. The van der Waals surface area contributed by atoms with Crippen molar-refractivity contribution in [2.75, 3.05) is 33.3 Å². The number of hydrogen-bond acceptors (Lipinski definition) is 4. The zero-order valence-corrected chi connectivity index (χ0v) is 19.5. The predicted molar refractivity (Wildman–Crippen MR) is 120 cm³/mol. The number of hydrogen-bond donors (Lipinski definition) is 3. The number of halogens is 2. The predicted octanol–water partition coefficient (Wildman–Crippen LogP) is 3.21. The third kappa shape index (κ3) is 11.3. The van der Waals surface area contributed by atoms with Crippen LogP contribution in [0.15, 0.2) is 29.3 Å². The number of carbonyl (C=O) groups is 1. The topological polar surface area (TPSA) is 84.0 Å². The molecule has 1 rings (SSSR count). The van der Waals surface area contributed by atoms with Crippen molar-refractivity contribution in [1.82, 2.24) is 16.0 Å². The van der Waals surface area contributed by atoms with Gasteiger partial charge in [-0.15, -0.1) is 24.0 Å². The highest BCUT2D eigenvalue weighted by molar-refractivity contribution is 14.0. The highest BCUT2D eigenvalue weighted by atomic mass is 127. The standard InChI is InChI=1S/C19H31FN4O3.HI/c1-6-21-17(22-11-12-23-18(25)27-19(2,3)4)24-13-16(26-5)14-7-9-15(20)10-8-14;/h7-10,16H,6,11-13H2,1-5H3,(H,23,25)(H2,21,22,24);1H. The summed E-state index contributed by atoms with van der Waals surface area (Å²) in [4.78, 5) is 16.1. The van der Waals surface area contributed by atoms with Gasteiger partial charge in [-0.05, 0) is 45.4 Å². The van der Waals surface area contributed by atoms with Crippen LogP contribution >= 0.6 is 24.0 Å². The minimum Gasteiger partial charge on any atom is -0.444 e. The Labute approximate surface area is 183 Å². The molecule has 160 valence electrons. The summed E-state index contributed by atoms with van der Waals surface area (Å²) in [6, 6.07) is 6.17. The second-order valence-corrected chi connectivity index (χ2v) is 6.85. The highest BCUT2D eigenvalue weighted by Crippen LogP contribution is 2.17. The first-order valence-corrected chi connectivity index (χ1v) is 9.02. The summed E-state index contributed by atoms with van der Waals surface area (Å²) in [6.45, 7) is 9.35. The Kier molecular flexibility index (Phi) is 12.8. The van der Waals surface area contributed by atoms with Crippen molar-refractivity contribution in [3.8, 4) is 0 Å². The number of carbonyl (C=O) groups excluding carboxylic acids is 1. The van der Waals surface area contributed by atoms with Gasteiger partial charge >= 0.3 is 6.09 Å². The zero-order chi connectivity index (χ0) is 20.3. The van der Waals surface area contributed by atoms with Gasteiger partial charge in [-0.3, -0.25) is 4.99 Å². The minimum atomic E-state index is -0.524. The van der Waals surface area contributed by atoms with Crippen LogP contribution in [-0.4, -0.2) is 50.9 Å². The molecule has 0 bridgehead atoms. The molecule has 1 aromatic carbocycles. The summed E-state index contributed by atoms with van der Waals surface area (Å²) < 4.78 is 23.7. The molecule has 0 spiro atoms. The van der Waals surface area contributed by atoms with Crippen molar-refractivity contribution in [2.45, 2.75) is 39.4 Å². The van der Waals surface area contributed by atoms with Gasteiger partial charge < -0.3 is 25.4 Å². The number of nitrogens with one attached hydrogen (secondary N) is 3. The normalized spacial score (nSPS) is 12.6. The molecule has 3 N–H and O–H groups in total. The fraction of sp³-hybridized carbons (Fsp3) is 0.579. The Morgan fingerprint density at radius 2 is 1.75 bits per heavy atom. The van der Waals surface area contributed by atoms with Gasteiger partial charge in [-0.25, -0.2) is 9.18 Å². The van der Waals surface area contributed by atoms with Gasteiger partial charge in [-0.1, -0.05) is 12.1 Å². The summed E-state index contributed by atoms with van der Waals surface area (Å²) in [5, 5.41) is 8.94. The van der Waals surface area contributed by atoms with Gasteiger partial charge in [-0.2, -0.15) is 0 Å². The first-order chi connectivity index (χ1) is 12.7. The summed E-state index contributed by atoms with van der Waals surface area (Å²) >= 11 is 0. The molecule has 0 aromatic heterocycles. The molecule has 0 saturated carbocycles. The van der Waals surface area contributed by atoms with Crippen molar-refractivity contribution in [3.05, 3.63) is 35.6 Å². The van der Waals surface area contributed by atoms with Crippen LogP contribution in [0.5, 0.6) is 0 Å². The van der Waals surface area contributed by atoms with Crippen molar-refractivity contribution in [1.29, 1.82) is 0 Å². The molecule has 0 aliphatic heterocycles. The largest absolute Gasteiger partial charge is 0.444 e. The fourth-order valence-electron chi connectivity index (χ4n) is 2.17. The molecule has 0 saturated heterocycles. The van der Waals surface area contributed by atoms with Gasteiger partial charge in [0.2, 0.25) is 0 Å². The summed E-state index contributed by atoms with van der Waals surface area (Å²) in [5.41, 5.74) is 0.328. The van der Waals surface area contributed by atoms with Crippen molar-refractivity contribution < 1.29 is 18.7 Å². The number of aliphatic imine (C=N–C) groups is 1. The van der Waals surface area contributed by atoms with E-state index in [4.69, 9.17) is 9.47 Å². The fourth-order valence-corrected chi connectivity index (χ4v) is 2.17. The molecular formula is C19H32FIN4O3. The quantitative estimate of drug-likeness (QED) is 0.217. The van der Waals surface area contributed by atoms with Gasteiger partial charge in [0.1, 0.15) is 17.5 Å². The molecular weight excluding hydrogens is 478 g/mol. The second-order valence-electron chi connectivity index (χ2n) is 6.85. The molecule has 1 aromatic rings. The summed E-state index contributed by atoms with van der Waals surface area (Å²) in [5.74, 6) is 0.317. The first-order valence-electron chi connectivity index (χ1n) is 9.02. The van der Waals surface area contributed by atoms with Gasteiger partial charge in [0.15, 0.2) is 5.96 Å². The van der Waals surface area contributed by atoms with Crippen LogP contribution < -0.4 is 16.0 Å². The van der Waals surface area contributed by atoms with E-state index >= 15 is 0 Å². The minimum absolute atomic E-state index is 0. The van der Waals surface area contributed by atoms with Crippen molar-refractivity contribution in [3.63, 3.8) is 0 Å². The van der Waals surface area contributed by atoms with E-state index < -0.39 is 11.7 Å². The second kappa shape index (κ2) is 13.5. The van der Waals surface area contributed by atoms with Crippen LogP contribution in [0.25, 0.3) is 0 Å². The molecule has 9 heteroatoms. The molecule has 0 heterocycles. The maximum atomic E-state index is 13.1. The molecule has 1 amide bonds. The van der Waals surface area contributed by atoms with Crippen molar-refractivity contribution >= 4 is 36.0 Å². The Morgan fingerprint density at radius 3 is 2.29 bits per heavy atom. The number of benzene rings is 1. The number of amides is 1. The smallest absolute Gasteiger partial charge is 0.407 e. The van der Waals surface area contributed by atoms with E-state index in [1.54, 1.807) is 19.2 Å². The maximum Gasteiger partial charge on any atom is 0.407 e. The van der Waals surface area contributed by atoms with E-state index in [2.05, 4.69) is 20.9 Å². The number of rotatable bonds is 8. The first kappa shape index (κ1) is 26.4. The van der Waals surface area contributed by atoms with Gasteiger partial charge in [0.05, 0.1) is 6.54 Å². The molecule has 0 radical (unpaired) electrons. The highest BCUT2D eigenvalue weighted by Gasteiger charge is 2.15. The van der Waals surface area contributed by atoms with Crippen LogP contribution in [0.1, 0.15) is 39.4 Å². The average Bonchev–Trinajstić information content (AvgIpc) is 2.59. The number of methoxy groups -OCH3 is 1. The Morgan fingerprint density at radius 1 is 1.14 bits per heavy atom. The van der Waals surface area contributed by atoms with Crippen molar-refractivity contribution in [2.24, 2.45) is 4.99 Å². The molecule has 1 unspecified atom stereocenters. The van der Waals surface area contributed by atoms with E-state index in [1.807, 2.05) is 27.7 Å². The third-order valence-corrected chi connectivity index (χ3v) is 3.37. The van der Waals surface area contributed by atoms with Gasteiger partial charge in [0.25, 0.3) is 0 Å². The van der Waals surface area contributed by atoms with E-state index in [0.29, 0.717) is 32.1 Å². The molecule has 7 nitrogen and oxygen atoms in total. The Bertz CT molecular complexity index is 606. The monoisotopic (exact) mass is 510 g/mol. The van der Waals surface area contributed by atoms with Crippen LogP contribution in [0.2, 0.25) is 0 Å². The summed E-state index contributed by atoms with van der Waals surface area (Å²) in [6.07, 6.45) is -0.733. The van der Waals surface area contributed by atoms with E-state index in [9.17, 15) is 9.18 Å². The molecule has 28 heavy (non-hydrogen) atoms. The van der Waals surface area contributed by atoms with Crippen LogP contribution in [0.3, 0.4) is 0 Å². The molecule has 0 fully saturated rings. The van der Waals surface area contributed by atoms with E-state index in [-0.39, 0.29) is 35.9 Å². The lowest BCUT2D eigenvalue weighted by atomic mass is 10.1. The average molecular weight is 510 g/mol. The van der Waals surface area contributed by atoms with Crippen LogP contribution in [-0.2, 0) is 9.47 Å². The summed E-state index contributed by atoms with van der Waals surface area (Å²) in [7, 11) is 1.59.